The first-order chi connectivity index (χ1) is 9.05. The Hall–Kier alpha value is -1.37. The average molecular weight is 316 g/mol. The van der Waals surface area contributed by atoms with Crippen LogP contribution in [0.5, 0.6) is 0 Å². The third kappa shape index (κ3) is 2.97. The van der Waals surface area contributed by atoms with Gasteiger partial charge in [0.2, 0.25) is 15.7 Å². The standard InChI is InChI=1S/C12H10ClNO3S2/c13-6-12(15)14-10-7-18-8-11(10)19(16,17)9-4-2-1-3-5-9/h1-5,7-8H,6H2,(H,14,15). The van der Waals surface area contributed by atoms with Crippen LogP contribution in [0, 0.1) is 0 Å². The third-order valence-electron chi connectivity index (χ3n) is 2.36. The molecule has 0 saturated carbocycles. The van der Waals surface area contributed by atoms with Gasteiger partial charge in [0.05, 0.1) is 10.6 Å². The fourth-order valence-electron chi connectivity index (χ4n) is 1.49. The average Bonchev–Trinajstić information content (AvgIpc) is 2.88. The van der Waals surface area contributed by atoms with Crippen LogP contribution in [0.2, 0.25) is 0 Å². The minimum absolute atomic E-state index is 0.0853. The molecule has 1 amide bonds. The van der Waals surface area contributed by atoms with E-state index >= 15 is 0 Å². The van der Waals surface area contributed by atoms with Gasteiger partial charge in [-0.25, -0.2) is 8.42 Å². The second-order valence-electron chi connectivity index (χ2n) is 3.65. The molecule has 2 rings (SSSR count). The van der Waals surface area contributed by atoms with Gasteiger partial charge >= 0.3 is 0 Å². The van der Waals surface area contributed by atoms with Crippen molar-refractivity contribution in [2.45, 2.75) is 9.79 Å². The Labute approximate surface area is 119 Å². The number of benzene rings is 1. The minimum atomic E-state index is -3.63. The highest BCUT2D eigenvalue weighted by Gasteiger charge is 2.22. The smallest absolute Gasteiger partial charge is 0.239 e. The number of halogens is 1. The van der Waals surface area contributed by atoms with Crippen LogP contribution in [-0.2, 0) is 14.6 Å². The molecular formula is C12H10ClNO3S2. The van der Waals surface area contributed by atoms with E-state index in [0.717, 1.165) is 0 Å². The molecule has 0 spiro atoms. The van der Waals surface area contributed by atoms with E-state index in [-0.39, 0.29) is 21.4 Å². The number of rotatable bonds is 4. The molecule has 0 unspecified atom stereocenters. The summed E-state index contributed by atoms with van der Waals surface area (Å²) in [5.74, 6) is -0.662. The van der Waals surface area contributed by atoms with Crippen molar-refractivity contribution in [3.05, 3.63) is 41.1 Å². The molecule has 7 heteroatoms. The van der Waals surface area contributed by atoms with Crippen LogP contribution < -0.4 is 5.32 Å². The van der Waals surface area contributed by atoms with Gasteiger partial charge in [0.15, 0.2) is 0 Å². The maximum Gasteiger partial charge on any atom is 0.239 e. The van der Waals surface area contributed by atoms with E-state index in [1.54, 1.807) is 23.6 Å². The van der Waals surface area contributed by atoms with Gasteiger partial charge in [0.25, 0.3) is 0 Å². The molecule has 0 fully saturated rings. The molecule has 0 aliphatic carbocycles. The summed E-state index contributed by atoms with van der Waals surface area (Å²) < 4.78 is 24.8. The topological polar surface area (TPSA) is 63.2 Å². The van der Waals surface area contributed by atoms with Gasteiger partial charge in [-0.15, -0.1) is 22.9 Å². The zero-order valence-electron chi connectivity index (χ0n) is 9.67. The molecular weight excluding hydrogens is 306 g/mol. The fourth-order valence-corrected chi connectivity index (χ4v) is 4.12. The number of nitrogens with one attached hydrogen (secondary N) is 1. The van der Waals surface area contributed by atoms with Crippen molar-refractivity contribution in [1.29, 1.82) is 0 Å². The maximum absolute atomic E-state index is 12.4. The normalized spacial score (nSPS) is 11.2. The molecule has 4 nitrogen and oxygen atoms in total. The Morgan fingerprint density at radius 1 is 1.21 bits per heavy atom. The summed E-state index contributed by atoms with van der Waals surface area (Å²) in [6.45, 7) is 0. The number of anilines is 1. The van der Waals surface area contributed by atoms with Crippen LogP contribution in [0.25, 0.3) is 0 Å². The highest BCUT2D eigenvalue weighted by atomic mass is 35.5. The van der Waals surface area contributed by atoms with Gasteiger partial charge in [-0.1, -0.05) is 18.2 Å². The molecule has 1 heterocycles. The first-order valence-corrected chi connectivity index (χ1v) is 8.24. The monoisotopic (exact) mass is 315 g/mol. The van der Waals surface area contributed by atoms with Crippen LogP contribution in [0.4, 0.5) is 5.69 Å². The van der Waals surface area contributed by atoms with Crippen LogP contribution in [0.3, 0.4) is 0 Å². The summed E-state index contributed by atoms with van der Waals surface area (Å²) in [5, 5.41) is 5.54. The Kier molecular flexibility index (Phi) is 4.24. The predicted molar refractivity (Wildman–Crippen MR) is 75.6 cm³/mol. The van der Waals surface area contributed by atoms with E-state index in [2.05, 4.69) is 5.32 Å². The number of hydrogen-bond acceptors (Lipinski definition) is 4. The van der Waals surface area contributed by atoms with Gasteiger partial charge in [-0.2, -0.15) is 0 Å². The first kappa shape index (κ1) is 14.0. The highest BCUT2D eigenvalue weighted by Crippen LogP contribution is 2.30. The largest absolute Gasteiger partial charge is 0.323 e. The van der Waals surface area contributed by atoms with Crippen molar-refractivity contribution in [2.24, 2.45) is 0 Å². The number of carbonyl (C=O) groups excluding carboxylic acids is 1. The van der Waals surface area contributed by atoms with Crippen LogP contribution in [-0.4, -0.2) is 20.2 Å². The summed E-state index contributed by atoms with van der Waals surface area (Å²) in [6, 6.07) is 8.07. The lowest BCUT2D eigenvalue weighted by molar-refractivity contribution is -0.113. The quantitative estimate of drug-likeness (QED) is 0.882. The Morgan fingerprint density at radius 2 is 1.89 bits per heavy atom. The van der Waals surface area contributed by atoms with Gasteiger partial charge in [-0.3, -0.25) is 4.79 Å². The van der Waals surface area contributed by atoms with Gasteiger partial charge in [-0.05, 0) is 12.1 Å². The third-order valence-corrected chi connectivity index (χ3v) is 5.31. The Morgan fingerprint density at radius 3 is 2.53 bits per heavy atom. The molecule has 1 aromatic carbocycles. The molecule has 100 valence electrons. The highest BCUT2D eigenvalue weighted by molar-refractivity contribution is 7.91. The summed E-state index contributed by atoms with van der Waals surface area (Å²) >= 11 is 6.60. The van der Waals surface area contributed by atoms with E-state index in [1.807, 2.05) is 0 Å². The minimum Gasteiger partial charge on any atom is -0.323 e. The zero-order valence-corrected chi connectivity index (χ0v) is 12.1. The first-order valence-electron chi connectivity index (χ1n) is 5.28. The number of thiophene rings is 1. The summed E-state index contributed by atoms with van der Waals surface area (Å²) in [6.07, 6.45) is 0. The number of carbonyl (C=O) groups is 1. The SMILES string of the molecule is O=C(CCl)Nc1cscc1S(=O)(=O)c1ccccc1. The van der Waals surface area contributed by atoms with Crippen molar-refractivity contribution in [2.75, 3.05) is 11.2 Å². The van der Waals surface area contributed by atoms with Crippen molar-refractivity contribution in [1.82, 2.24) is 0 Å². The van der Waals surface area contributed by atoms with Crippen LogP contribution in [0.1, 0.15) is 0 Å². The molecule has 0 aliphatic heterocycles. The zero-order chi connectivity index (χ0) is 13.9. The Balaban J connectivity index is 2.43. The van der Waals surface area contributed by atoms with Crippen molar-refractivity contribution >= 4 is 44.4 Å². The van der Waals surface area contributed by atoms with Crippen LogP contribution >= 0.6 is 22.9 Å². The molecule has 19 heavy (non-hydrogen) atoms. The van der Waals surface area contributed by atoms with Crippen molar-refractivity contribution in [3.63, 3.8) is 0 Å². The molecule has 1 N–H and O–H groups in total. The number of alkyl halides is 1. The van der Waals surface area contributed by atoms with E-state index in [9.17, 15) is 13.2 Å². The summed E-state index contributed by atoms with van der Waals surface area (Å²) in [7, 11) is -3.63. The number of amides is 1. The lowest BCUT2D eigenvalue weighted by atomic mass is 10.4. The summed E-state index contributed by atoms with van der Waals surface area (Å²) in [4.78, 5) is 11.5. The van der Waals surface area contributed by atoms with E-state index in [1.165, 1.54) is 28.8 Å². The van der Waals surface area contributed by atoms with E-state index < -0.39 is 15.7 Å². The van der Waals surface area contributed by atoms with Gasteiger partial charge in [0, 0.05) is 10.8 Å². The van der Waals surface area contributed by atoms with Crippen molar-refractivity contribution in [3.8, 4) is 0 Å². The molecule has 1 aromatic heterocycles. The molecule has 0 radical (unpaired) electrons. The molecule has 0 atom stereocenters. The van der Waals surface area contributed by atoms with Gasteiger partial charge < -0.3 is 5.32 Å². The van der Waals surface area contributed by atoms with Gasteiger partial charge in [0.1, 0.15) is 10.8 Å². The molecule has 0 bridgehead atoms. The number of sulfone groups is 1. The van der Waals surface area contributed by atoms with Crippen molar-refractivity contribution < 1.29 is 13.2 Å². The fraction of sp³-hybridized carbons (Fsp3) is 0.0833. The van der Waals surface area contributed by atoms with E-state index in [0.29, 0.717) is 0 Å². The second kappa shape index (κ2) is 5.73. The lowest BCUT2D eigenvalue weighted by Gasteiger charge is -2.06. The van der Waals surface area contributed by atoms with E-state index in [4.69, 9.17) is 11.6 Å². The molecule has 0 saturated heterocycles. The van der Waals surface area contributed by atoms with Crippen LogP contribution in [0.15, 0.2) is 50.9 Å². The predicted octanol–water partition coefficient (Wildman–Crippen LogP) is 2.76. The maximum atomic E-state index is 12.4. The molecule has 2 aromatic rings. The Bertz CT molecular complexity index is 680. The lowest BCUT2D eigenvalue weighted by Crippen LogP contribution is -2.14. The molecule has 0 aliphatic rings. The summed E-state index contributed by atoms with van der Waals surface area (Å²) in [5.41, 5.74) is 0.263. The second-order valence-corrected chi connectivity index (χ2v) is 6.58. The number of hydrogen-bond donors (Lipinski definition) is 1.